The maximum absolute atomic E-state index is 11.2. The van der Waals surface area contributed by atoms with Gasteiger partial charge in [-0.25, -0.2) is 0 Å². The first-order valence-corrected chi connectivity index (χ1v) is 7.84. The minimum absolute atomic E-state index is 0.0944. The number of benzene rings is 2. The zero-order valence-electron chi connectivity index (χ0n) is 12.5. The van der Waals surface area contributed by atoms with Crippen LogP contribution in [0.25, 0.3) is 0 Å². The van der Waals surface area contributed by atoms with Crippen LogP contribution in [0.5, 0.6) is 11.5 Å². The Labute approximate surface area is 142 Å². The van der Waals surface area contributed by atoms with E-state index in [1.807, 2.05) is 30.3 Å². The number of nitrogens with two attached hydrogens (primary N) is 1. The van der Waals surface area contributed by atoms with Crippen molar-refractivity contribution in [2.24, 2.45) is 0 Å². The van der Waals surface area contributed by atoms with Crippen molar-refractivity contribution in [3.63, 3.8) is 0 Å². The molecule has 0 aliphatic rings. The highest BCUT2D eigenvalue weighted by molar-refractivity contribution is 7.99. The summed E-state index contributed by atoms with van der Waals surface area (Å²) in [6.45, 7) is 0. The summed E-state index contributed by atoms with van der Waals surface area (Å²) in [5, 5.41) is 11.2. The largest absolute Gasteiger partial charge is 0.456 e. The second kappa shape index (κ2) is 7.01. The van der Waals surface area contributed by atoms with Gasteiger partial charge in [-0.15, -0.1) is 0 Å². The smallest absolute Gasteiger partial charge is 0.295 e. The molecular formula is C17H13N3O3S. The maximum atomic E-state index is 11.2. The normalized spacial score (nSPS) is 10.3. The molecule has 0 atom stereocenters. The molecule has 0 amide bonds. The first-order valence-electron chi connectivity index (χ1n) is 7.02. The molecule has 2 N–H and O–H groups in total. The molecule has 24 heavy (non-hydrogen) atoms. The fourth-order valence-corrected chi connectivity index (χ4v) is 2.93. The van der Waals surface area contributed by atoms with E-state index in [1.54, 1.807) is 30.6 Å². The number of pyridine rings is 1. The van der Waals surface area contributed by atoms with E-state index in [0.29, 0.717) is 16.4 Å². The molecule has 0 saturated heterocycles. The molecular weight excluding hydrogens is 326 g/mol. The van der Waals surface area contributed by atoms with Gasteiger partial charge in [-0.2, -0.15) is 0 Å². The zero-order valence-corrected chi connectivity index (χ0v) is 13.3. The molecule has 0 unspecified atom stereocenters. The van der Waals surface area contributed by atoms with Crippen LogP contribution in [0.15, 0.2) is 76.8 Å². The van der Waals surface area contributed by atoms with Gasteiger partial charge in [0.05, 0.1) is 15.9 Å². The molecule has 7 heteroatoms. The Morgan fingerprint density at radius 1 is 1.08 bits per heavy atom. The Hall–Kier alpha value is -3.06. The van der Waals surface area contributed by atoms with Crippen molar-refractivity contribution in [1.29, 1.82) is 0 Å². The Morgan fingerprint density at radius 2 is 1.79 bits per heavy atom. The number of anilines is 1. The van der Waals surface area contributed by atoms with Crippen molar-refractivity contribution in [3.8, 4) is 11.5 Å². The van der Waals surface area contributed by atoms with Crippen LogP contribution in [0, 0.1) is 10.1 Å². The van der Waals surface area contributed by atoms with Gasteiger partial charge in [-0.05, 0) is 30.3 Å². The van der Waals surface area contributed by atoms with E-state index in [1.165, 1.54) is 17.8 Å². The highest BCUT2D eigenvalue weighted by atomic mass is 32.2. The van der Waals surface area contributed by atoms with Crippen molar-refractivity contribution in [1.82, 2.24) is 4.98 Å². The first kappa shape index (κ1) is 15.8. The van der Waals surface area contributed by atoms with E-state index in [2.05, 4.69) is 4.98 Å². The lowest BCUT2D eigenvalue weighted by molar-refractivity contribution is -0.384. The Morgan fingerprint density at radius 3 is 2.46 bits per heavy atom. The standard InChI is InChI=1S/C17H13N3O3S/c18-14-10-17(24-13-6-8-19-9-7-13)16(11-15(14)20(21)22)23-12-4-2-1-3-5-12/h1-11H,18H2. The molecule has 2 aromatic carbocycles. The number of ether oxygens (including phenoxy) is 1. The molecule has 3 aromatic rings. The average Bonchev–Trinajstić information content (AvgIpc) is 2.59. The molecule has 1 heterocycles. The average molecular weight is 339 g/mol. The van der Waals surface area contributed by atoms with E-state index < -0.39 is 4.92 Å². The minimum atomic E-state index is -0.520. The summed E-state index contributed by atoms with van der Waals surface area (Å²) in [6, 6.07) is 15.7. The number of hydrogen-bond acceptors (Lipinski definition) is 6. The fraction of sp³-hybridized carbons (Fsp3) is 0. The highest BCUT2D eigenvalue weighted by Crippen LogP contribution is 2.41. The summed E-state index contributed by atoms with van der Waals surface area (Å²) in [6.07, 6.45) is 3.35. The first-order chi connectivity index (χ1) is 11.6. The molecule has 1 aromatic heterocycles. The third-order valence-electron chi connectivity index (χ3n) is 3.14. The Balaban J connectivity index is 2.02. The van der Waals surface area contributed by atoms with Gasteiger partial charge in [0.2, 0.25) is 0 Å². The lowest BCUT2D eigenvalue weighted by Crippen LogP contribution is -1.98. The van der Waals surface area contributed by atoms with Crippen molar-refractivity contribution in [2.45, 2.75) is 9.79 Å². The molecule has 0 spiro atoms. The molecule has 0 aliphatic heterocycles. The van der Waals surface area contributed by atoms with Crippen LogP contribution >= 0.6 is 11.8 Å². The van der Waals surface area contributed by atoms with E-state index >= 15 is 0 Å². The number of aromatic nitrogens is 1. The number of nitrogen functional groups attached to an aromatic ring is 1. The van der Waals surface area contributed by atoms with Crippen LogP contribution in [-0.2, 0) is 0 Å². The molecule has 3 rings (SSSR count). The number of nitro groups is 1. The van der Waals surface area contributed by atoms with Gasteiger partial charge in [0, 0.05) is 17.3 Å². The van der Waals surface area contributed by atoms with E-state index in [0.717, 1.165) is 4.90 Å². The lowest BCUT2D eigenvalue weighted by atomic mass is 10.2. The van der Waals surface area contributed by atoms with Gasteiger partial charge < -0.3 is 10.5 Å². The Kier molecular flexibility index (Phi) is 4.62. The van der Waals surface area contributed by atoms with Gasteiger partial charge in [0.1, 0.15) is 17.2 Å². The topological polar surface area (TPSA) is 91.3 Å². The molecule has 6 nitrogen and oxygen atoms in total. The summed E-state index contributed by atoms with van der Waals surface area (Å²) < 4.78 is 5.83. The maximum Gasteiger partial charge on any atom is 0.295 e. The van der Waals surface area contributed by atoms with Crippen LogP contribution in [0.3, 0.4) is 0 Å². The van der Waals surface area contributed by atoms with Crippen LogP contribution in [0.4, 0.5) is 11.4 Å². The highest BCUT2D eigenvalue weighted by Gasteiger charge is 2.18. The molecule has 0 saturated carbocycles. The van der Waals surface area contributed by atoms with Gasteiger partial charge in [0.25, 0.3) is 5.69 Å². The quantitative estimate of drug-likeness (QED) is 0.417. The number of para-hydroxylation sites is 1. The minimum Gasteiger partial charge on any atom is -0.456 e. The molecule has 0 fully saturated rings. The fourth-order valence-electron chi connectivity index (χ4n) is 2.03. The summed E-state index contributed by atoms with van der Waals surface area (Å²) in [4.78, 5) is 16.2. The van der Waals surface area contributed by atoms with Crippen molar-refractivity contribution < 1.29 is 9.66 Å². The second-order valence-corrected chi connectivity index (χ2v) is 5.93. The lowest BCUT2D eigenvalue weighted by Gasteiger charge is -2.12. The monoisotopic (exact) mass is 339 g/mol. The Bertz CT molecular complexity index is 858. The second-order valence-electron chi connectivity index (χ2n) is 4.81. The number of nitrogens with zero attached hydrogens (tertiary/aromatic N) is 2. The van der Waals surface area contributed by atoms with E-state index in [9.17, 15) is 10.1 Å². The van der Waals surface area contributed by atoms with Gasteiger partial charge >= 0.3 is 0 Å². The number of nitro benzene ring substituents is 1. The van der Waals surface area contributed by atoms with Crippen LogP contribution < -0.4 is 10.5 Å². The van der Waals surface area contributed by atoms with Crippen molar-refractivity contribution >= 4 is 23.1 Å². The molecule has 0 aliphatic carbocycles. The van der Waals surface area contributed by atoms with Crippen molar-refractivity contribution in [2.75, 3.05) is 5.73 Å². The van der Waals surface area contributed by atoms with Crippen LogP contribution in [0.1, 0.15) is 0 Å². The van der Waals surface area contributed by atoms with Crippen LogP contribution in [0.2, 0.25) is 0 Å². The predicted octanol–water partition coefficient (Wildman–Crippen LogP) is 4.52. The SMILES string of the molecule is Nc1cc(Sc2ccncc2)c(Oc2ccccc2)cc1[N+](=O)[O-]. The summed E-state index contributed by atoms with van der Waals surface area (Å²) in [7, 11) is 0. The summed E-state index contributed by atoms with van der Waals surface area (Å²) in [5.74, 6) is 0.969. The number of rotatable bonds is 5. The zero-order chi connectivity index (χ0) is 16.9. The summed E-state index contributed by atoms with van der Waals surface area (Å²) >= 11 is 1.40. The van der Waals surface area contributed by atoms with E-state index in [4.69, 9.17) is 10.5 Å². The molecule has 120 valence electrons. The molecule has 0 bridgehead atoms. The van der Waals surface area contributed by atoms with Crippen molar-refractivity contribution in [3.05, 3.63) is 77.1 Å². The molecule has 0 radical (unpaired) electrons. The van der Waals surface area contributed by atoms with Crippen LogP contribution in [-0.4, -0.2) is 9.91 Å². The predicted molar refractivity (Wildman–Crippen MR) is 92.4 cm³/mol. The third-order valence-corrected chi connectivity index (χ3v) is 4.19. The van der Waals surface area contributed by atoms with Gasteiger partial charge in [-0.3, -0.25) is 15.1 Å². The number of hydrogen-bond donors (Lipinski definition) is 1. The van der Waals surface area contributed by atoms with Gasteiger partial charge in [-0.1, -0.05) is 30.0 Å². The van der Waals surface area contributed by atoms with E-state index in [-0.39, 0.29) is 11.4 Å². The summed E-state index contributed by atoms with van der Waals surface area (Å²) in [5.41, 5.74) is 5.73. The third kappa shape index (κ3) is 3.64. The van der Waals surface area contributed by atoms with Gasteiger partial charge in [0.15, 0.2) is 0 Å².